The van der Waals surface area contributed by atoms with Gasteiger partial charge in [0.1, 0.15) is 11.5 Å². The fraction of sp³-hybridized carbons (Fsp3) is 0.381. The molecule has 0 aliphatic heterocycles. The van der Waals surface area contributed by atoms with E-state index in [-0.39, 0.29) is 5.91 Å². The van der Waals surface area contributed by atoms with Gasteiger partial charge in [-0.25, -0.2) is 0 Å². The van der Waals surface area contributed by atoms with Crippen LogP contribution in [0.4, 0.5) is 0 Å². The van der Waals surface area contributed by atoms with E-state index >= 15 is 0 Å². The largest absolute Gasteiger partial charge is 0.496 e. The lowest BCUT2D eigenvalue weighted by atomic mass is 10.1. The summed E-state index contributed by atoms with van der Waals surface area (Å²) in [5, 5.41) is 2.94. The molecule has 4 nitrogen and oxygen atoms in total. The molecule has 0 radical (unpaired) electrons. The molecule has 0 aliphatic rings. The monoisotopic (exact) mass is 341 g/mol. The van der Waals surface area contributed by atoms with Crippen molar-refractivity contribution in [3.05, 3.63) is 59.2 Å². The van der Waals surface area contributed by atoms with Crippen LogP contribution in [-0.4, -0.2) is 25.7 Å². The molecule has 1 amide bonds. The second kappa shape index (κ2) is 9.11. The lowest BCUT2D eigenvalue weighted by Crippen LogP contribution is -2.37. The third kappa shape index (κ3) is 5.52. The Morgan fingerprint density at radius 3 is 2.64 bits per heavy atom. The van der Waals surface area contributed by atoms with Gasteiger partial charge in [0.15, 0.2) is 6.10 Å². The van der Waals surface area contributed by atoms with Crippen LogP contribution in [0.25, 0.3) is 0 Å². The summed E-state index contributed by atoms with van der Waals surface area (Å²) in [7, 11) is 1.67. The molecule has 2 aromatic carbocycles. The van der Waals surface area contributed by atoms with Crippen molar-refractivity contribution in [2.75, 3.05) is 13.7 Å². The summed E-state index contributed by atoms with van der Waals surface area (Å²) in [6.07, 6.45) is 1.19. The second-order valence-electron chi connectivity index (χ2n) is 6.24. The van der Waals surface area contributed by atoms with E-state index in [1.54, 1.807) is 14.0 Å². The summed E-state index contributed by atoms with van der Waals surface area (Å²) in [6.45, 7) is 6.37. The van der Waals surface area contributed by atoms with Gasteiger partial charge in [0.2, 0.25) is 0 Å². The van der Waals surface area contributed by atoms with Crippen LogP contribution in [0, 0.1) is 13.8 Å². The molecule has 25 heavy (non-hydrogen) atoms. The first kappa shape index (κ1) is 18.8. The number of benzene rings is 2. The molecule has 1 N–H and O–H groups in total. The van der Waals surface area contributed by atoms with Gasteiger partial charge in [-0.2, -0.15) is 0 Å². The Morgan fingerprint density at radius 2 is 1.88 bits per heavy atom. The van der Waals surface area contributed by atoms with Gasteiger partial charge < -0.3 is 14.8 Å². The minimum atomic E-state index is -0.522. The quantitative estimate of drug-likeness (QED) is 0.742. The predicted octanol–water partition coefficient (Wildman–Crippen LogP) is 3.83. The van der Waals surface area contributed by atoms with E-state index in [0.29, 0.717) is 6.54 Å². The zero-order valence-corrected chi connectivity index (χ0v) is 15.5. The summed E-state index contributed by atoms with van der Waals surface area (Å²) in [5.41, 5.74) is 3.30. The van der Waals surface area contributed by atoms with Gasteiger partial charge in [0, 0.05) is 6.54 Å². The number of ether oxygens (including phenoxy) is 2. The average Bonchev–Trinajstić information content (AvgIpc) is 2.61. The molecule has 2 rings (SSSR count). The SMILES string of the molecule is COc1ccccc1CCCNC(=O)C(C)Oc1cc(C)ccc1C. The number of aryl methyl sites for hydroxylation is 3. The highest BCUT2D eigenvalue weighted by molar-refractivity contribution is 5.80. The molecule has 0 saturated carbocycles. The first-order valence-corrected chi connectivity index (χ1v) is 8.64. The molecule has 0 spiro atoms. The fourth-order valence-electron chi connectivity index (χ4n) is 2.62. The summed E-state index contributed by atoms with van der Waals surface area (Å²) in [6, 6.07) is 13.9. The van der Waals surface area contributed by atoms with Crippen molar-refractivity contribution in [1.29, 1.82) is 0 Å². The number of para-hydroxylation sites is 1. The van der Waals surface area contributed by atoms with Gasteiger partial charge in [-0.15, -0.1) is 0 Å². The lowest BCUT2D eigenvalue weighted by Gasteiger charge is -2.17. The highest BCUT2D eigenvalue weighted by atomic mass is 16.5. The number of carbonyl (C=O) groups excluding carboxylic acids is 1. The van der Waals surface area contributed by atoms with E-state index in [4.69, 9.17) is 9.47 Å². The van der Waals surface area contributed by atoms with Crippen molar-refractivity contribution in [1.82, 2.24) is 5.32 Å². The molecule has 4 heteroatoms. The van der Waals surface area contributed by atoms with Crippen molar-refractivity contribution in [2.24, 2.45) is 0 Å². The Balaban J connectivity index is 1.79. The van der Waals surface area contributed by atoms with Crippen LogP contribution in [0.1, 0.15) is 30.0 Å². The van der Waals surface area contributed by atoms with Crippen molar-refractivity contribution in [3.8, 4) is 11.5 Å². The number of hydrogen-bond acceptors (Lipinski definition) is 3. The van der Waals surface area contributed by atoms with Crippen LogP contribution in [0.2, 0.25) is 0 Å². The number of hydrogen-bond donors (Lipinski definition) is 1. The Morgan fingerprint density at radius 1 is 1.12 bits per heavy atom. The van der Waals surface area contributed by atoms with Crippen LogP contribution in [0.3, 0.4) is 0 Å². The first-order chi connectivity index (χ1) is 12.0. The molecule has 1 unspecified atom stereocenters. The van der Waals surface area contributed by atoms with E-state index in [1.165, 1.54) is 0 Å². The first-order valence-electron chi connectivity index (χ1n) is 8.64. The van der Waals surface area contributed by atoms with Gasteiger partial charge in [-0.05, 0) is 62.4 Å². The molecule has 0 saturated heterocycles. The lowest BCUT2D eigenvalue weighted by molar-refractivity contribution is -0.127. The zero-order chi connectivity index (χ0) is 18.2. The van der Waals surface area contributed by atoms with E-state index < -0.39 is 6.10 Å². The van der Waals surface area contributed by atoms with E-state index in [2.05, 4.69) is 5.32 Å². The standard InChI is InChI=1S/C21H27NO3/c1-15-11-12-16(2)20(14-15)25-17(3)21(23)22-13-7-9-18-8-5-6-10-19(18)24-4/h5-6,8,10-12,14,17H,7,9,13H2,1-4H3,(H,22,23). The van der Waals surface area contributed by atoms with Crippen molar-refractivity contribution < 1.29 is 14.3 Å². The highest BCUT2D eigenvalue weighted by Crippen LogP contribution is 2.21. The van der Waals surface area contributed by atoms with Crippen LogP contribution in [0.5, 0.6) is 11.5 Å². The molecule has 134 valence electrons. The molecule has 0 fully saturated rings. The number of amides is 1. The molecule has 0 bridgehead atoms. The summed E-state index contributed by atoms with van der Waals surface area (Å²) < 4.78 is 11.1. The van der Waals surface area contributed by atoms with Crippen molar-refractivity contribution in [2.45, 2.75) is 39.7 Å². The maximum atomic E-state index is 12.2. The number of nitrogens with one attached hydrogen (secondary N) is 1. The van der Waals surface area contributed by atoms with Crippen LogP contribution >= 0.6 is 0 Å². The maximum Gasteiger partial charge on any atom is 0.260 e. The molecule has 0 aliphatic carbocycles. The molecule has 0 heterocycles. The highest BCUT2D eigenvalue weighted by Gasteiger charge is 2.15. The van der Waals surface area contributed by atoms with Gasteiger partial charge in [-0.1, -0.05) is 30.3 Å². The van der Waals surface area contributed by atoms with Crippen LogP contribution in [-0.2, 0) is 11.2 Å². The third-order valence-corrected chi connectivity index (χ3v) is 4.13. The van der Waals surface area contributed by atoms with Gasteiger partial charge >= 0.3 is 0 Å². The molecule has 0 aromatic heterocycles. The van der Waals surface area contributed by atoms with Gasteiger partial charge in [0.25, 0.3) is 5.91 Å². The smallest absolute Gasteiger partial charge is 0.260 e. The normalized spacial score (nSPS) is 11.7. The molecular formula is C21H27NO3. The Bertz CT molecular complexity index is 712. The molecule has 2 aromatic rings. The minimum Gasteiger partial charge on any atom is -0.496 e. The zero-order valence-electron chi connectivity index (χ0n) is 15.5. The topological polar surface area (TPSA) is 47.6 Å². The van der Waals surface area contributed by atoms with E-state index in [0.717, 1.165) is 41.0 Å². The Hall–Kier alpha value is -2.49. The summed E-state index contributed by atoms with van der Waals surface area (Å²) in [5.74, 6) is 1.55. The number of carbonyl (C=O) groups is 1. The van der Waals surface area contributed by atoms with E-state index in [9.17, 15) is 4.79 Å². The van der Waals surface area contributed by atoms with E-state index in [1.807, 2.05) is 56.3 Å². The second-order valence-corrected chi connectivity index (χ2v) is 6.24. The predicted molar refractivity (Wildman–Crippen MR) is 100 cm³/mol. The number of methoxy groups -OCH3 is 1. The van der Waals surface area contributed by atoms with Crippen LogP contribution < -0.4 is 14.8 Å². The van der Waals surface area contributed by atoms with Gasteiger partial charge in [-0.3, -0.25) is 4.79 Å². The van der Waals surface area contributed by atoms with Gasteiger partial charge in [0.05, 0.1) is 7.11 Å². The summed E-state index contributed by atoms with van der Waals surface area (Å²) in [4.78, 5) is 12.2. The fourth-order valence-corrected chi connectivity index (χ4v) is 2.62. The average molecular weight is 341 g/mol. The molecule has 1 atom stereocenters. The maximum absolute atomic E-state index is 12.2. The van der Waals surface area contributed by atoms with Crippen LogP contribution in [0.15, 0.2) is 42.5 Å². The Kier molecular flexibility index (Phi) is 6.87. The van der Waals surface area contributed by atoms with Crippen molar-refractivity contribution >= 4 is 5.91 Å². The molecular weight excluding hydrogens is 314 g/mol. The Labute approximate surface area is 150 Å². The summed E-state index contributed by atoms with van der Waals surface area (Å²) >= 11 is 0. The minimum absolute atomic E-state index is 0.0964. The number of rotatable bonds is 8. The third-order valence-electron chi connectivity index (χ3n) is 4.13. The van der Waals surface area contributed by atoms with Crippen molar-refractivity contribution in [3.63, 3.8) is 0 Å².